The third-order valence-corrected chi connectivity index (χ3v) is 4.04. The zero-order valence-electron chi connectivity index (χ0n) is 11.1. The molecular formula is C13H17N3O4. The van der Waals surface area contributed by atoms with E-state index in [-0.39, 0.29) is 30.2 Å². The van der Waals surface area contributed by atoms with Crippen molar-refractivity contribution in [1.29, 1.82) is 0 Å². The van der Waals surface area contributed by atoms with E-state index in [1.54, 1.807) is 9.47 Å². The number of nitro groups is 1. The highest BCUT2D eigenvalue weighted by Gasteiger charge is 2.34. The van der Waals surface area contributed by atoms with Gasteiger partial charge in [0.25, 0.3) is 11.6 Å². The van der Waals surface area contributed by atoms with Gasteiger partial charge in [0.2, 0.25) is 0 Å². The fourth-order valence-corrected chi connectivity index (χ4v) is 2.72. The summed E-state index contributed by atoms with van der Waals surface area (Å²) in [7, 11) is 0. The minimum atomic E-state index is -0.462. The molecule has 1 atom stereocenters. The first-order valence-corrected chi connectivity index (χ1v) is 6.86. The smallest absolute Gasteiger partial charge is 0.287 e. The summed E-state index contributed by atoms with van der Waals surface area (Å²) in [5.41, 5.74) is 0.371. The predicted octanol–water partition coefficient (Wildman–Crippen LogP) is 1.19. The van der Waals surface area contributed by atoms with Crippen LogP contribution in [0, 0.1) is 16.0 Å². The van der Waals surface area contributed by atoms with Crippen molar-refractivity contribution in [3.05, 3.63) is 28.1 Å². The fraction of sp³-hybridized carbons (Fsp3) is 0.615. The SMILES string of the molecule is O=C(c1cc([N+](=O)[O-])cn1C1CC1)N1CCC(CO)C1. The molecule has 0 bridgehead atoms. The molecule has 2 aliphatic rings. The summed E-state index contributed by atoms with van der Waals surface area (Å²) in [5, 5.41) is 20.0. The van der Waals surface area contributed by atoms with Crippen LogP contribution >= 0.6 is 0 Å². The standard InChI is InChI=1S/C13H17N3O4/c17-8-9-3-4-14(6-9)13(18)12-5-11(16(19)20)7-15(12)10-1-2-10/h5,7,9-10,17H,1-4,6,8H2. The normalized spacial score (nSPS) is 22.2. The Hall–Kier alpha value is -1.89. The van der Waals surface area contributed by atoms with Gasteiger partial charge >= 0.3 is 0 Å². The minimum absolute atomic E-state index is 0.0295. The average molecular weight is 279 g/mol. The van der Waals surface area contributed by atoms with E-state index in [0.717, 1.165) is 19.3 Å². The second-order valence-corrected chi connectivity index (χ2v) is 5.57. The Kier molecular flexibility index (Phi) is 3.21. The molecule has 1 saturated carbocycles. The Bertz CT molecular complexity index is 550. The van der Waals surface area contributed by atoms with Gasteiger partial charge in [-0.15, -0.1) is 0 Å². The van der Waals surface area contributed by atoms with Crippen LogP contribution in [0.4, 0.5) is 5.69 Å². The van der Waals surface area contributed by atoms with E-state index in [9.17, 15) is 14.9 Å². The van der Waals surface area contributed by atoms with Crippen molar-refractivity contribution >= 4 is 11.6 Å². The number of amides is 1. The number of hydrogen-bond donors (Lipinski definition) is 1. The Balaban J connectivity index is 1.85. The van der Waals surface area contributed by atoms with Crippen LogP contribution in [0.1, 0.15) is 35.8 Å². The number of aromatic nitrogens is 1. The second-order valence-electron chi connectivity index (χ2n) is 5.57. The summed E-state index contributed by atoms with van der Waals surface area (Å²) in [6, 6.07) is 1.59. The highest BCUT2D eigenvalue weighted by Crippen LogP contribution is 2.38. The summed E-state index contributed by atoms with van der Waals surface area (Å²) in [6.07, 6.45) is 4.18. The van der Waals surface area contributed by atoms with E-state index >= 15 is 0 Å². The van der Waals surface area contributed by atoms with Crippen molar-refractivity contribution in [3.8, 4) is 0 Å². The van der Waals surface area contributed by atoms with E-state index in [1.807, 2.05) is 0 Å². The quantitative estimate of drug-likeness (QED) is 0.662. The predicted molar refractivity (Wildman–Crippen MR) is 70.5 cm³/mol. The van der Waals surface area contributed by atoms with Gasteiger partial charge in [0.15, 0.2) is 0 Å². The molecule has 1 amide bonds. The molecule has 1 unspecified atom stereocenters. The molecule has 108 valence electrons. The number of hydrogen-bond acceptors (Lipinski definition) is 4. The molecule has 0 spiro atoms. The highest BCUT2D eigenvalue weighted by atomic mass is 16.6. The van der Waals surface area contributed by atoms with Gasteiger partial charge in [-0.05, 0) is 19.3 Å². The van der Waals surface area contributed by atoms with Crippen LogP contribution in [0.15, 0.2) is 12.3 Å². The maximum Gasteiger partial charge on any atom is 0.287 e. The van der Waals surface area contributed by atoms with Crippen LogP contribution in [0.5, 0.6) is 0 Å². The maximum absolute atomic E-state index is 12.5. The van der Waals surface area contributed by atoms with Crippen molar-refractivity contribution in [2.24, 2.45) is 5.92 Å². The zero-order valence-corrected chi connectivity index (χ0v) is 11.1. The van der Waals surface area contributed by atoms with Crippen molar-refractivity contribution in [2.75, 3.05) is 19.7 Å². The molecule has 0 aromatic carbocycles. The lowest BCUT2D eigenvalue weighted by atomic mass is 10.1. The lowest BCUT2D eigenvalue weighted by Gasteiger charge is -2.17. The van der Waals surface area contributed by atoms with Crippen LogP contribution in [0.25, 0.3) is 0 Å². The van der Waals surface area contributed by atoms with Gasteiger partial charge in [-0.1, -0.05) is 0 Å². The summed E-state index contributed by atoms with van der Waals surface area (Å²) in [5.74, 6) is -0.0424. The molecule has 20 heavy (non-hydrogen) atoms. The zero-order chi connectivity index (χ0) is 14.3. The third-order valence-electron chi connectivity index (χ3n) is 4.04. The van der Waals surface area contributed by atoms with Crippen LogP contribution in [-0.2, 0) is 0 Å². The molecule has 2 heterocycles. The minimum Gasteiger partial charge on any atom is -0.396 e. The number of likely N-dealkylation sites (tertiary alicyclic amines) is 1. The number of aliphatic hydroxyl groups is 1. The van der Waals surface area contributed by atoms with Gasteiger partial charge in [0, 0.05) is 37.7 Å². The first kappa shape index (κ1) is 13.1. The summed E-state index contributed by atoms with van der Waals surface area (Å²) in [6.45, 7) is 1.21. The van der Waals surface area contributed by atoms with E-state index in [0.29, 0.717) is 18.8 Å². The monoisotopic (exact) mass is 279 g/mol. The molecule has 7 heteroatoms. The molecule has 1 aromatic rings. The average Bonchev–Trinajstić information content (AvgIpc) is 3.02. The molecule has 0 radical (unpaired) electrons. The topological polar surface area (TPSA) is 88.6 Å². The van der Waals surface area contributed by atoms with Crippen molar-refractivity contribution < 1.29 is 14.8 Å². The van der Waals surface area contributed by atoms with Crippen LogP contribution in [0.3, 0.4) is 0 Å². The lowest BCUT2D eigenvalue weighted by molar-refractivity contribution is -0.384. The molecule has 1 aliphatic heterocycles. The highest BCUT2D eigenvalue weighted by molar-refractivity contribution is 5.94. The Morgan fingerprint density at radius 1 is 1.45 bits per heavy atom. The summed E-state index contributed by atoms with van der Waals surface area (Å²) >= 11 is 0. The number of carbonyl (C=O) groups excluding carboxylic acids is 1. The van der Waals surface area contributed by atoms with Crippen molar-refractivity contribution in [3.63, 3.8) is 0 Å². The molecular weight excluding hydrogens is 262 g/mol. The molecule has 1 saturated heterocycles. The van der Waals surface area contributed by atoms with E-state index in [2.05, 4.69) is 0 Å². The molecule has 3 rings (SSSR count). The molecule has 1 aromatic heterocycles. The molecule has 7 nitrogen and oxygen atoms in total. The van der Waals surface area contributed by atoms with Crippen molar-refractivity contribution in [1.82, 2.24) is 9.47 Å². The molecule has 1 N–H and O–H groups in total. The third kappa shape index (κ3) is 2.29. The van der Waals surface area contributed by atoms with Crippen LogP contribution < -0.4 is 0 Å². The number of nitrogens with zero attached hydrogens (tertiary/aromatic N) is 3. The summed E-state index contributed by atoms with van der Waals surface area (Å²) < 4.78 is 1.74. The first-order valence-electron chi connectivity index (χ1n) is 6.86. The van der Waals surface area contributed by atoms with Crippen molar-refractivity contribution in [2.45, 2.75) is 25.3 Å². The number of carbonyl (C=O) groups is 1. The fourth-order valence-electron chi connectivity index (χ4n) is 2.72. The Morgan fingerprint density at radius 3 is 2.75 bits per heavy atom. The van der Waals surface area contributed by atoms with E-state index in [1.165, 1.54) is 12.3 Å². The van der Waals surface area contributed by atoms with E-state index in [4.69, 9.17) is 5.11 Å². The maximum atomic E-state index is 12.5. The van der Waals surface area contributed by atoms with Gasteiger partial charge in [-0.3, -0.25) is 14.9 Å². The van der Waals surface area contributed by atoms with Crippen LogP contribution in [-0.4, -0.2) is 45.1 Å². The molecule has 2 fully saturated rings. The largest absolute Gasteiger partial charge is 0.396 e. The molecule has 1 aliphatic carbocycles. The summed E-state index contributed by atoms with van der Waals surface area (Å²) in [4.78, 5) is 24.6. The van der Waals surface area contributed by atoms with Gasteiger partial charge in [-0.2, -0.15) is 0 Å². The van der Waals surface area contributed by atoms with E-state index < -0.39 is 4.92 Å². The second kappa shape index (κ2) is 4.90. The van der Waals surface area contributed by atoms with Gasteiger partial charge in [0.05, 0.1) is 11.1 Å². The Labute approximate surface area is 115 Å². The Morgan fingerprint density at radius 2 is 2.20 bits per heavy atom. The van der Waals surface area contributed by atoms with Gasteiger partial charge < -0.3 is 14.6 Å². The lowest BCUT2D eigenvalue weighted by Crippen LogP contribution is -2.30. The number of aliphatic hydroxyl groups excluding tert-OH is 1. The first-order chi connectivity index (χ1) is 9.60. The van der Waals surface area contributed by atoms with Gasteiger partial charge in [0.1, 0.15) is 5.69 Å². The van der Waals surface area contributed by atoms with Gasteiger partial charge in [-0.25, -0.2) is 0 Å². The number of rotatable bonds is 4. The van der Waals surface area contributed by atoms with Crippen LogP contribution in [0.2, 0.25) is 0 Å².